The number of fused-ring (bicyclic) bond motifs is 1. The molecule has 10 heteroatoms. The molecule has 0 bridgehead atoms. The molecular weight excluding hydrogens is 342 g/mol. The van der Waals surface area contributed by atoms with Crippen LogP contribution in [-0.4, -0.2) is 86.1 Å². The Bertz CT molecular complexity index is 814. The minimum atomic E-state index is -1.18. The standard InChI is InChI=1S/C16H21N5O5/c22-3-9-11(23)12(24)15(26-9)21-8-19-10-13(17-7-18-14(10)21)20-4-16(5-20)1-2-25-6-16/h7-9,11-12,15,22-24H,1-6H2/t9-,11-,12-,15-/m1/s1. The number of aliphatic hydroxyl groups excluding tert-OH is 3. The number of imidazole rings is 1. The number of rotatable bonds is 3. The molecular formula is C16H21N5O5. The first-order valence-electron chi connectivity index (χ1n) is 8.75. The summed E-state index contributed by atoms with van der Waals surface area (Å²) >= 11 is 0. The van der Waals surface area contributed by atoms with Gasteiger partial charge in [-0.3, -0.25) is 4.57 Å². The Morgan fingerprint density at radius 2 is 2.04 bits per heavy atom. The highest BCUT2D eigenvalue weighted by Gasteiger charge is 2.47. The molecule has 10 nitrogen and oxygen atoms in total. The van der Waals surface area contributed by atoms with Gasteiger partial charge in [0.05, 0.1) is 19.5 Å². The predicted molar refractivity (Wildman–Crippen MR) is 88.4 cm³/mol. The molecule has 1 spiro atoms. The van der Waals surface area contributed by atoms with Gasteiger partial charge in [-0.15, -0.1) is 0 Å². The van der Waals surface area contributed by atoms with Gasteiger partial charge in [0.25, 0.3) is 0 Å². The number of aliphatic hydroxyl groups is 3. The lowest BCUT2D eigenvalue weighted by molar-refractivity contribution is -0.0511. The van der Waals surface area contributed by atoms with Crippen molar-refractivity contribution in [3.8, 4) is 0 Å². The molecule has 0 aliphatic carbocycles. The fraction of sp³-hybridized carbons (Fsp3) is 0.688. The van der Waals surface area contributed by atoms with Crippen molar-refractivity contribution in [3.05, 3.63) is 12.7 Å². The van der Waals surface area contributed by atoms with Gasteiger partial charge in [-0.05, 0) is 6.42 Å². The third kappa shape index (κ3) is 2.26. The maximum atomic E-state index is 10.3. The minimum absolute atomic E-state index is 0.225. The largest absolute Gasteiger partial charge is 0.394 e. The highest BCUT2D eigenvalue weighted by molar-refractivity contribution is 5.84. The van der Waals surface area contributed by atoms with E-state index in [0.29, 0.717) is 11.2 Å². The summed E-state index contributed by atoms with van der Waals surface area (Å²) in [5, 5.41) is 29.5. The van der Waals surface area contributed by atoms with Gasteiger partial charge in [0.1, 0.15) is 24.6 Å². The first-order chi connectivity index (χ1) is 12.6. The van der Waals surface area contributed by atoms with Crippen molar-refractivity contribution in [3.63, 3.8) is 0 Å². The molecule has 2 aromatic heterocycles. The third-order valence-electron chi connectivity index (χ3n) is 5.67. The lowest BCUT2D eigenvalue weighted by Crippen LogP contribution is -2.57. The quantitative estimate of drug-likeness (QED) is 0.608. The summed E-state index contributed by atoms with van der Waals surface area (Å²) in [6.07, 6.45) is 0.0128. The van der Waals surface area contributed by atoms with Crippen LogP contribution in [0.4, 0.5) is 5.82 Å². The highest BCUT2D eigenvalue weighted by atomic mass is 16.6. The zero-order chi connectivity index (χ0) is 17.9. The van der Waals surface area contributed by atoms with Crippen molar-refractivity contribution in [2.75, 3.05) is 37.8 Å². The average molecular weight is 363 g/mol. The first-order valence-corrected chi connectivity index (χ1v) is 8.75. The molecule has 0 aromatic carbocycles. The van der Waals surface area contributed by atoms with E-state index in [1.165, 1.54) is 12.7 Å². The third-order valence-corrected chi connectivity index (χ3v) is 5.67. The Morgan fingerprint density at radius 3 is 2.73 bits per heavy atom. The smallest absolute Gasteiger partial charge is 0.167 e. The van der Waals surface area contributed by atoms with Gasteiger partial charge in [0.15, 0.2) is 23.2 Å². The summed E-state index contributed by atoms with van der Waals surface area (Å²) < 4.78 is 12.7. The van der Waals surface area contributed by atoms with E-state index < -0.39 is 24.5 Å². The van der Waals surface area contributed by atoms with E-state index >= 15 is 0 Å². The molecule has 3 fully saturated rings. The molecule has 2 aromatic rings. The maximum Gasteiger partial charge on any atom is 0.167 e. The molecule has 26 heavy (non-hydrogen) atoms. The van der Waals surface area contributed by atoms with Crippen molar-refractivity contribution >= 4 is 17.0 Å². The molecule has 0 saturated carbocycles. The summed E-state index contributed by atoms with van der Waals surface area (Å²) in [7, 11) is 0. The normalized spacial score (nSPS) is 33.3. The molecule has 4 atom stereocenters. The van der Waals surface area contributed by atoms with Gasteiger partial charge in [0.2, 0.25) is 0 Å². The molecule has 3 saturated heterocycles. The molecule has 0 unspecified atom stereocenters. The molecule has 0 amide bonds. The molecule has 3 aliphatic rings. The Kier molecular flexibility index (Phi) is 3.66. The predicted octanol–water partition coefficient (Wildman–Crippen LogP) is -1.34. The fourth-order valence-electron chi connectivity index (χ4n) is 4.18. The van der Waals surface area contributed by atoms with Crippen LogP contribution in [0, 0.1) is 5.41 Å². The number of anilines is 1. The lowest BCUT2D eigenvalue weighted by Gasteiger charge is -2.47. The summed E-state index contributed by atoms with van der Waals surface area (Å²) in [4.78, 5) is 15.3. The van der Waals surface area contributed by atoms with E-state index in [2.05, 4.69) is 19.9 Å². The first kappa shape index (κ1) is 16.3. The van der Waals surface area contributed by atoms with Crippen LogP contribution in [0.3, 0.4) is 0 Å². The zero-order valence-corrected chi connectivity index (χ0v) is 14.1. The van der Waals surface area contributed by atoms with Crippen LogP contribution in [0.15, 0.2) is 12.7 Å². The summed E-state index contributed by atoms with van der Waals surface area (Å²) in [5.41, 5.74) is 1.37. The van der Waals surface area contributed by atoms with E-state index in [0.717, 1.165) is 38.5 Å². The van der Waals surface area contributed by atoms with Crippen LogP contribution < -0.4 is 4.90 Å². The number of ether oxygens (including phenoxy) is 2. The van der Waals surface area contributed by atoms with Crippen LogP contribution in [0.2, 0.25) is 0 Å². The number of hydrogen-bond donors (Lipinski definition) is 3. The Morgan fingerprint density at radius 1 is 1.19 bits per heavy atom. The zero-order valence-electron chi connectivity index (χ0n) is 14.1. The van der Waals surface area contributed by atoms with Gasteiger partial charge in [-0.25, -0.2) is 15.0 Å². The second-order valence-corrected chi connectivity index (χ2v) is 7.41. The average Bonchev–Trinajstić information content (AvgIpc) is 3.32. The van der Waals surface area contributed by atoms with Crippen LogP contribution in [0.5, 0.6) is 0 Å². The molecule has 140 valence electrons. The van der Waals surface area contributed by atoms with E-state index in [1.807, 2.05) is 0 Å². The van der Waals surface area contributed by atoms with Crippen molar-refractivity contribution in [2.24, 2.45) is 5.41 Å². The van der Waals surface area contributed by atoms with E-state index in [-0.39, 0.29) is 12.0 Å². The molecule has 5 heterocycles. The molecule has 3 aliphatic heterocycles. The van der Waals surface area contributed by atoms with Crippen LogP contribution in [-0.2, 0) is 9.47 Å². The monoisotopic (exact) mass is 363 g/mol. The fourth-order valence-corrected chi connectivity index (χ4v) is 4.18. The second kappa shape index (κ2) is 5.83. The molecule has 3 N–H and O–H groups in total. The maximum absolute atomic E-state index is 10.3. The topological polar surface area (TPSA) is 126 Å². The van der Waals surface area contributed by atoms with Crippen LogP contribution in [0.1, 0.15) is 12.6 Å². The van der Waals surface area contributed by atoms with E-state index in [9.17, 15) is 15.3 Å². The Hall–Kier alpha value is -1.85. The number of aromatic nitrogens is 4. The van der Waals surface area contributed by atoms with E-state index in [1.54, 1.807) is 4.57 Å². The number of hydrogen-bond acceptors (Lipinski definition) is 9. The summed E-state index contributed by atoms with van der Waals surface area (Å²) in [6.45, 7) is 2.97. The van der Waals surface area contributed by atoms with Gasteiger partial charge in [-0.1, -0.05) is 0 Å². The van der Waals surface area contributed by atoms with Crippen molar-refractivity contribution < 1.29 is 24.8 Å². The summed E-state index contributed by atoms with van der Waals surface area (Å²) in [5.74, 6) is 0.748. The Labute approximate surface area is 149 Å². The lowest BCUT2D eigenvalue weighted by atomic mass is 9.79. The van der Waals surface area contributed by atoms with Crippen LogP contribution in [0.25, 0.3) is 11.2 Å². The highest BCUT2D eigenvalue weighted by Crippen LogP contribution is 2.41. The SMILES string of the molecule is OC[C@H]1O[C@@H](n2cnc3c(N4CC5(CCOC5)C4)ncnc32)[C@H](O)[C@@H]1O. The van der Waals surface area contributed by atoms with Crippen molar-refractivity contribution in [1.29, 1.82) is 0 Å². The van der Waals surface area contributed by atoms with Gasteiger partial charge < -0.3 is 29.7 Å². The van der Waals surface area contributed by atoms with Gasteiger partial charge in [0, 0.05) is 25.1 Å². The summed E-state index contributed by atoms with van der Waals surface area (Å²) in [6, 6.07) is 0. The van der Waals surface area contributed by atoms with Crippen molar-refractivity contribution in [1.82, 2.24) is 19.5 Å². The minimum Gasteiger partial charge on any atom is -0.394 e. The Balaban J connectivity index is 1.45. The van der Waals surface area contributed by atoms with Crippen molar-refractivity contribution in [2.45, 2.75) is 31.0 Å². The van der Waals surface area contributed by atoms with Crippen LogP contribution >= 0.6 is 0 Å². The van der Waals surface area contributed by atoms with Gasteiger partial charge >= 0.3 is 0 Å². The number of nitrogens with zero attached hydrogens (tertiary/aromatic N) is 5. The molecule has 0 radical (unpaired) electrons. The molecule has 5 rings (SSSR count). The van der Waals surface area contributed by atoms with E-state index in [4.69, 9.17) is 9.47 Å². The second-order valence-electron chi connectivity index (χ2n) is 7.41. The van der Waals surface area contributed by atoms with Gasteiger partial charge in [-0.2, -0.15) is 0 Å².